The molecule has 0 spiro atoms. The van der Waals surface area contributed by atoms with E-state index >= 15 is 0 Å². The number of aryl methyl sites for hydroxylation is 1. The molecular weight excluding hydrogens is 290 g/mol. The number of imidazole rings is 1. The Balaban J connectivity index is 1.71. The number of H-pyrrole nitrogens is 1. The van der Waals surface area contributed by atoms with Crippen molar-refractivity contribution in [1.29, 1.82) is 0 Å². The van der Waals surface area contributed by atoms with E-state index in [2.05, 4.69) is 70.0 Å². The van der Waals surface area contributed by atoms with Crippen LogP contribution in [0.5, 0.6) is 0 Å². The smallest absolute Gasteiger partial charge is 0.0931 e. The first-order valence-corrected chi connectivity index (χ1v) is 8.56. The van der Waals surface area contributed by atoms with Gasteiger partial charge < -0.3 is 9.88 Å². The molecule has 1 saturated heterocycles. The van der Waals surface area contributed by atoms with Crippen LogP contribution in [0.15, 0.2) is 48.8 Å². The number of nitrogens with one attached hydrogen (secondary N) is 1. The third kappa shape index (κ3) is 2.48. The van der Waals surface area contributed by atoms with Crippen LogP contribution in [0.1, 0.15) is 17.2 Å². The number of fused-ring (bicyclic) bond motifs is 1. The van der Waals surface area contributed by atoms with Crippen molar-refractivity contribution < 1.29 is 0 Å². The molecule has 1 atom stereocenters. The highest BCUT2D eigenvalue weighted by atomic mass is 32.2. The highest BCUT2D eigenvalue weighted by Gasteiger charge is 2.25. The van der Waals surface area contributed by atoms with Crippen molar-refractivity contribution in [3.8, 4) is 0 Å². The molecule has 1 aliphatic rings. The fourth-order valence-corrected chi connectivity index (χ4v) is 3.92. The predicted molar refractivity (Wildman–Crippen MR) is 94.1 cm³/mol. The predicted octanol–water partition coefficient (Wildman–Crippen LogP) is 4.33. The zero-order chi connectivity index (χ0) is 14.9. The summed E-state index contributed by atoms with van der Waals surface area (Å²) in [5, 5.41) is 0. The first-order valence-electron chi connectivity index (χ1n) is 7.51. The Labute approximate surface area is 134 Å². The number of nitrogens with zero attached hydrogens (tertiary/aromatic N) is 2. The number of thioether (sulfide) groups is 1. The molecule has 0 aliphatic carbocycles. The molecule has 2 heterocycles. The molecule has 0 saturated carbocycles. The summed E-state index contributed by atoms with van der Waals surface area (Å²) in [6.45, 7) is 3.09. The Morgan fingerprint density at radius 2 is 2.05 bits per heavy atom. The SMILES string of the molecule is Cc1ccc(C2CS[CH]CN2c2ccc3[nH]cnc3c2)cc1. The molecule has 22 heavy (non-hydrogen) atoms. The number of hydrogen-bond acceptors (Lipinski definition) is 3. The molecule has 4 rings (SSSR count). The Morgan fingerprint density at radius 3 is 2.91 bits per heavy atom. The maximum atomic E-state index is 4.39. The molecular formula is C18H18N3S. The van der Waals surface area contributed by atoms with Crippen molar-refractivity contribution in [1.82, 2.24) is 9.97 Å². The van der Waals surface area contributed by atoms with Gasteiger partial charge in [0.15, 0.2) is 0 Å². The van der Waals surface area contributed by atoms with Crippen molar-refractivity contribution in [2.75, 3.05) is 17.2 Å². The molecule has 1 aromatic heterocycles. The molecule has 0 bridgehead atoms. The maximum absolute atomic E-state index is 4.39. The third-order valence-corrected chi connectivity index (χ3v) is 5.11. The summed E-state index contributed by atoms with van der Waals surface area (Å²) in [6, 6.07) is 15.8. The fourth-order valence-electron chi connectivity index (χ4n) is 2.96. The molecule has 2 aromatic carbocycles. The van der Waals surface area contributed by atoms with E-state index in [-0.39, 0.29) is 0 Å². The quantitative estimate of drug-likeness (QED) is 0.765. The first-order chi connectivity index (χ1) is 10.8. The zero-order valence-corrected chi connectivity index (χ0v) is 13.3. The van der Waals surface area contributed by atoms with E-state index in [4.69, 9.17) is 0 Å². The van der Waals surface area contributed by atoms with Crippen LogP contribution >= 0.6 is 11.8 Å². The summed E-state index contributed by atoms with van der Waals surface area (Å²) in [6.07, 6.45) is 1.75. The highest BCUT2D eigenvalue weighted by molar-refractivity contribution is 8.01. The van der Waals surface area contributed by atoms with Crippen LogP contribution in [0, 0.1) is 12.7 Å². The lowest BCUT2D eigenvalue weighted by atomic mass is 10.0. The van der Waals surface area contributed by atoms with Gasteiger partial charge in [-0.15, -0.1) is 0 Å². The van der Waals surface area contributed by atoms with E-state index in [9.17, 15) is 0 Å². The van der Waals surface area contributed by atoms with E-state index < -0.39 is 0 Å². The number of rotatable bonds is 2. The van der Waals surface area contributed by atoms with E-state index in [0.717, 1.165) is 23.3 Å². The van der Waals surface area contributed by atoms with Gasteiger partial charge in [0.05, 0.1) is 23.4 Å². The minimum absolute atomic E-state index is 0.409. The molecule has 0 amide bonds. The summed E-state index contributed by atoms with van der Waals surface area (Å²) in [5.74, 6) is 3.38. The normalized spacial score (nSPS) is 18.8. The summed E-state index contributed by atoms with van der Waals surface area (Å²) >= 11 is 1.92. The van der Waals surface area contributed by atoms with E-state index in [1.165, 1.54) is 16.8 Å². The standard InChI is InChI=1S/C18H18N3S/c1-13-2-4-14(5-3-13)18-11-22-9-8-21(18)15-6-7-16-17(10-15)20-12-19-16/h2-7,9-10,12,18H,8,11H2,1H3,(H,19,20). The van der Waals surface area contributed by atoms with Crippen molar-refractivity contribution >= 4 is 28.5 Å². The molecule has 1 N–H and O–H groups in total. The summed E-state index contributed by atoms with van der Waals surface area (Å²) < 4.78 is 0. The lowest BCUT2D eigenvalue weighted by Gasteiger charge is -2.37. The van der Waals surface area contributed by atoms with Crippen molar-refractivity contribution in [2.45, 2.75) is 13.0 Å². The molecule has 3 aromatic rings. The van der Waals surface area contributed by atoms with Crippen LogP contribution in [0.3, 0.4) is 0 Å². The molecule has 111 valence electrons. The van der Waals surface area contributed by atoms with Crippen molar-refractivity contribution in [2.24, 2.45) is 0 Å². The monoisotopic (exact) mass is 308 g/mol. The van der Waals surface area contributed by atoms with Gasteiger partial charge in [0, 0.05) is 23.7 Å². The Hall–Kier alpha value is -1.94. The van der Waals surface area contributed by atoms with Gasteiger partial charge in [-0.05, 0) is 30.7 Å². The largest absolute Gasteiger partial charge is 0.362 e. The van der Waals surface area contributed by atoms with Crippen LogP contribution in [0.25, 0.3) is 11.0 Å². The minimum atomic E-state index is 0.409. The van der Waals surface area contributed by atoms with E-state index in [1.807, 2.05) is 11.8 Å². The lowest BCUT2D eigenvalue weighted by Crippen LogP contribution is -2.34. The van der Waals surface area contributed by atoms with E-state index in [0.29, 0.717) is 6.04 Å². The van der Waals surface area contributed by atoms with Gasteiger partial charge in [0.25, 0.3) is 0 Å². The number of anilines is 1. The lowest BCUT2D eigenvalue weighted by molar-refractivity contribution is 0.703. The first kappa shape index (κ1) is 13.7. The number of hydrogen-bond donors (Lipinski definition) is 1. The van der Waals surface area contributed by atoms with Gasteiger partial charge in [-0.3, -0.25) is 0 Å². The third-order valence-electron chi connectivity index (χ3n) is 4.22. The van der Waals surface area contributed by atoms with Gasteiger partial charge in [-0.1, -0.05) is 29.8 Å². The van der Waals surface area contributed by atoms with Crippen molar-refractivity contribution in [3.63, 3.8) is 0 Å². The number of aromatic amines is 1. The van der Waals surface area contributed by atoms with Crippen LogP contribution in [0.4, 0.5) is 5.69 Å². The molecule has 1 aliphatic heterocycles. The molecule has 1 fully saturated rings. The summed E-state index contributed by atoms with van der Waals surface area (Å²) in [5.41, 5.74) is 6.04. The average molecular weight is 308 g/mol. The second-order valence-corrected chi connectivity index (χ2v) is 6.68. The zero-order valence-electron chi connectivity index (χ0n) is 12.5. The van der Waals surface area contributed by atoms with Gasteiger partial charge in [0.1, 0.15) is 0 Å². The van der Waals surface area contributed by atoms with Crippen LogP contribution in [-0.2, 0) is 0 Å². The average Bonchev–Trinajstić information content (AvgIpc) is 3.03. The maximum Gasteiger partial charge on any atom is 0.0931 e. The molecule has 1 radical (unpaired) electrons. The minimum Gasteiger partial charge on any atom is -0.362 e. The second kappa shape index (κ2) is 5.69. The van der Waals surface area contributed by atoms with Gasteiger partial charge in [0.2, 0.25) is 0 Å². The summed E-state index contributed by atoms with van der Waals surface area (Å²) in [4.78, 5) is 10.0. The Kier molecular flexibility index (Phi) is 3.54. The van der Waals surface area contributed by atoms with Crippen LogP contribution < -0.4 is 4.90 Å². The molecule has 1 unspecified atom stereocenters. The topological polar surface area (TPSA) is 31.9 Å². The van der Waals surface area contributed by atoms with Gasteiger partial charge >= 0.3 is 0 Å². The number of benzene rings is 2. The van der Waals surface area contributed by atoms with Gasteiger partial charge in [-0.25, -0.2) is 4.98 Å². The van der Waals surface area contributed by atoms with Crippen molar-refractivity contribution in [3.05, 3.63) is 65.7 Å². The highest BCUT2D eigenvalue weighted by Crippen LogP contribution is 2.36. The van der Waals surface area contributed by atoms with Crippen LogP contribution in [0.2, 0.25) is 0 Å². The Bertz CT molecular complexity index is 778. The number of aromatic nitrogens is 2. The Morgan fingerprint density at radius 1 is 1.18 bits per heavy atom. The molecule has 3 nitrogen and oxygen atoms in total. The summed E-state index contributed by atoms with van der Waals surface area (Å²) in [7, 11) is 0. The van der Waals surface area contributed by atoms with E-state index in [1.54, 1.807) is 6.33 Å². The fraction of sp³-hybridized carbons (Fsp3) is 0.222. The molecule has 4 heteroatoms. The second-order valence-electron chi connectivity index (χ2n) is 5.68. The van der Waals surface area contributed by atoms with Gasteiger partial charge in [-0.2, -0.15) is 11.8 Å². The van der Waals surface area contributed by atoms with Crippen LogP contribution in [-0.4, -0.2) is 22.3 Å².